The molecular formula is C16H18N2O3. The zero-order valence-corrected chi connectivity index (χ0v) is 12.2. The van der Waals surface area contributed by atoms with Gasteiger partial charge in [0.1, 0.15) is 0 Å². The van der Waals surface area contributed by atoms with Crippen molar-refractivity contribution in [2.24, 2.45) is 0 Å². The lowest BCUT2D eigenvalue weighted by Crippen LogP contribution is -2.08. The summed E-state index contributed by atoms with van der Waals surface area (Å²) >= 11 is 0. The van der Waals surface area contributed by atoms with Gasteiger partial charge in [-0.2, -0.15) is 4.98 Å². The molecule has 0 atom stereocenters. The second-order valence-electron chi connectivity index (χ2n) is 5.07. The van der Waals surface area contributed by atoms with E-state index in [4.69, 9.17) is 9.47 Å². The van der Waals surface area contributed by atoms with Gasteiger partial charge in [0, 0.05) is 11.1 Å². The molecule has 5 heteroatoms. The molecule has 0 saturated heterocycles. The number of aromatic hydroxyl groups is 1. The van der Waals surface area contributed by atoms with Crippen LogP contribution in [0, 0.1) is 0 Å². The van der Waals surface area contributed by atoms with Crippen LogP contribution in [-0.2, 0) is 12.8 Å². The van der Waals surface area contributed by atoms with E-state index in [2.05, 4.69) is 9.97 Å². The molecule has 21 heavy (non-hydrogen) atoms. The van der Waals surface area contributed by atoms with Gasteiger partial charge in [0.2, 0.25) is 5.88 Å². The van der Waals surface area contributed by atoms with Crippen molar-refractivity contribution in [2.75, 3.05) is 14.2 Å². The van der Waals surface area contributed by atoms with Crippen LogP contribution in [0.1, 0.15) is 24.1 Å². The van der Waals surface area contributed by atoms with Crippen molar-refractivity contribution in [3.63, 3.8) is 0 Å². The van der Waals surface area contributed by atoms with Gasteiger partial charge in [-0.05, 0) is 43.9 Å². The van der Waals surface area contributed by atoms with Crippen molar-refractivity contribution < 1.29 is 14.6 Å². The Hall–Kier alpha value is -2.30. The zero-order chi connectivity index (χ0) is 14.8. The number of hydrogen-bond acceptors (Lipinski definition) is 5. The third kappa shape index (κ3) is 2.51. The van der Waals surface area contributed by atoms with Crippen molar-refractivity contribution >= 4 is 0 Å². The van der Waals surface area contributed by atoms with E-state index in [0.29, 0.717) is 17.3 Å². The SMILES string of the molecule is COc1ccc(-c2nc(O)c3c(n2)CCCC3)cc1OC. The molecule has 0 radical (unpaired) electrons. The van der Waals surface area contributed by atoms with E-state index in [1.165, 1.54) is 0 Å². The normalized spacial score (nSPS) is 13.6. The first-order chi connectivity index (χ1) is 10.2. The molecular weight excluding hydrogens is 268 g/mol. The summed E-state index contributed by atoms with van der Waals surface area (Å²) < 4.78 is 10.5. The highest BCUT2D eigenvalue weighted by atomic mass is 16.5. The smallest absolute Gasteiger partial charge is 0.217 e. The van der Waals surface area contributed by atoms with Gasteiger partial charge < -0.3 is 14.6 Å². The summed E-state index contributed by atoms with van der Waals surface area (Å²) in [5, 5.41) is 10.1. The van der Waals surface area contributed by atoms with Crippen LogP contribution in [0.3, 0.4) is 0 Å². The lowest BCUT2D eigenvalue weighted by Gasteiger charge is -2.16. The fraction of sp³-hybridized carbons (Fsp3) is 0.375. The minimum Gasteiger partial charge on any atom is -0.493 e. The molecule has 0 aliphatic heterocycles. The Labute approximate surface area is 123 Å². The van der Waals surface area contributed by atoms with Crippen LogP contribution in [0.15, 0.2) is 18.2 Å². The van der Waals surface area contributed by atoms with Gasteiger partial charge in [-0.15, -0.1) is 0 Å². The number of ether oxygens (including phenoxy) is 2. The van der Waals surface area contributed by atoms with Gasteiger partial charge in [-0.3, -0.25) is 0 Å². The summed E-state index contributed by atoms with van der Waals surface area (Å²) in [6.45, 7) is 0. The monoisotopic (exact) mass is 286 g/mol. The van der Waals surface area contributed by atoms with E-state index in [-0.39, 0.29) is 5.88 Å². The van der Waals surface area contributed by atoms with Crippen molar-refractivity contribution in [2.45, 2.75) is 25.7 Å². The molecule has 3 rings (SSSR count). The highest BCUT2D eigenvalue weighted by molar-refractivity contribution is 5.62. The van der Waals surface area contributed by atoms with Gasteiger partial charge in [-0.1, -0.05) is 0 Å². The van der Waals surface area contributed by atoms with Crippen molar-refractivity contribution in [3.05, 3.63) is 29.5 Å². The highest BCUT2D eigenvalue weighted by Gasteiger charge is 2.18. The summed E-state index contributed by atoms with van der Waals surface area (Å²) in [5.41, 5.74) is 2.65. The maximum absolute atomic E-state index is 10.1. The van der Waals surface area contributed by atoms with Crippen LogP contribution in [0.4, 0.5) is 0 Å². The summed E-state index contributed by atoms with van der Waals surface area (Å²) in [6, 6.07) is 5.50. The number of benzene rings is 1. The molecule has 0 amide bonds. The highest BCUT2D eigenvalue weighted by Crippen LogP contribution is 2.33. The maximum atomic E-state index is 10.1. The number of methoxy groups -OCH3 is 2. The van der Waals surface area contributed by atoms with Gasteiger partial charge in [0.15, 0.2) is 17.3 Å². The number of hydrogen-bond donors (Lipinski definition) is 1. The molecule has 0 spiro atoms. The van der Waals surface area contributed by atoms with Crippen molar-refractivity contribution in [1.82, 2.24) is 9.97 Å². The predicted molar refractivity (Wildman–Crippen MR) is 78.9 cm³/mol. The predicted octanol–water partition coefficient (Wildman–Crippen LogP) is 2.75. The average molecular weight is 286 g/mol. The number of aryl methyl sites for hydroxylation is 1. The summed E-state index contributed by atoms with van der Waals surface area (Å²) in [4.78, 5) is 8.84. The Morgan fingerprint density at radius 2 is 1.76 bits per heavy atom. The topological polar surface area (TPSA) is 64.5 Å². The molecule has 1 aromatic heterocycles. The molecule has 1 aliphatic rings. The molecule has 1 N–H and O–H groups in total. The van der Waals surface area contributed by atoms with E-state index in [1.54, 1.807) is 14.2 Å². The molecule has 1 aliphatic carbocycles. The minimum absolute atomic E-state index is 0.101. The summed E-state index contributed by atoms with van der Waals surface area (Å²) in [5.74, 6) is 1.90. The van der Waals surface area contributed by atoms with E-state index in [1.807, 2.05) is 18.2 Å². The molecule has 110 valence electrons. The third-order valence-electron chi connectivity index (χ3n) is 3.80. The third-order valence-corrected chi connectivity index (χ3v) is 3.80. The second kappa shape index (κ2) is 5.60. The van der Waals surface area contributed by atoms with Crippen LogP contribution >= 0.6 is 0 Å². The van der Waals surface area contributed by atoms with Crippen LogP contribution in [0.2, 0.25) is 0 Å². The molecule has 0 saturated carbocycles. The largest absolute Gasteiger partial charge is 0.493 e. The lowest BCUT2D eigenvalue weighted by molar-refractivity contribution is 0.355. The number of aromatic nitrogens is 2. The minimum atomic E-state index is 0.101. The van der Waals surface area contributed by atoms with Crippen molar-refractivity contribution in [1.29, 1.82) is 0 Å². The van der Waals surface area contributed by atoms with Gasteiger partial charge in [-0.25, -0.2) is 4.98 Å². The number of rotatable bonds is 3. The van der Waals surface area contributed by atoms with E-state index in [0.717, 1.165) is 42.5 Å². The fourth-order valence-electron chi connectivity index (χ4n) is 2.68. The van der Waals surface area contributed by atoms with Crippen LogP contribution < -0.4 is 9.47 Å². The van der Waals surface area contributed by atoms with E-state index >= 15 is 0 Å². The van der Waals surface area contributed by atoms with E-state index in [9.17, 15) is 5.11 Å². The Kier molecular flexibility index (Phi) is 3.64. The first-order valence-electron chi connectivity index (χ1n) is 7.04. The molecule has 5 nitrogen and oxygen atoms in total. The molecule has 0 fully saturated rings. The van der Waals surface area contributed by atoms with Crippen LogP contribution in [-0.4, -0.2) is 29.3 Å². The molecule has 0 unspecified atom stereocenters. The van der Waals surface area contributed by atoms with Gasteiger partial charge >= 0.3 is 0 Å². The quantitative estimate of drug-likeness (QED) is 0.940. The Morgan fingerprint density at radius 3 is 2.52 bits per heavy atom. The first kappa shape index (κ1) is 13.7. The zero-order valence-electron chi connectivity index (χ0n) is 12.2. The average Bonchev–Trinajstić information content (AvgIpc) is 2.54. The van der Waals surface area contributed by atoms with Gasteiger partial charge in [0.25, 0.3) is 0 Å². The Morgan fingerprint density at radius 1 is 1.00 bits per heavy atom. The Balaban J connectivity index is 2.06. The Bertz CT molecular complexity index is 671. The number of fused-ring (bicyclic) bond motifs is 1. The molecule has 1 aromatic carbocycles. The van der Waals surface area contributed by atoms with Crippen LogP contribution in [0.5, 0.6) is 17.4 Å². The molecule has 2 aromatic rings. The lowest BCUT2D eigenvalue weighted by atomic mass is 9.96. The summed E-state index contributed by atoms with van der Waals surface area (Å²) in [6.07, 6.45) is 3.94. The number of nitrogens with zero attached hydrogens (tertiary/aromatic N) is 2. The summed E-state index contributed by atoms with van der Waals surface area (Å²) in [7, 11) is 3.19. The van der Waals surface area contributed by atoms with Crippen LogP contribution in [0.25, 0.3) is 11.4 Å². The first-order valence-corrected chi connectivity index (χ1v) is 7.04. The molecule has 0 bridgehead atoms. The standard InChI is InChI=1S/C16H18N2O3/c1-20-13-8-7-10(9-14(13)21-2)15-17-12-6-4-3-5-11(12)16(19)18-15/h7-9H,3-6H2,1-2H3,(H,17,18,19). The molecule has 1 heterocycles. The fourth-order valence-corrected chi connectivity index (χ4v) is 2.68. The van der Waals surface area contributed by atoms with E-state index < -0.39 is 0 Å². The van der Waals surface area contributed by atoms with Crippen molar-refractivity contribution in [3.8, 4) is 28.8 Å². The van der Waals surface area contributed by atoms with Gasteiger partial charge in [0.05, 0.1) is 19.9 Å². The second-order valence-corrected chi connectivity index (χ2v) is 5.07. The maximum Gasteiger partial charge on any atom is 0.217 e.